The van der Waals surface area contributed by atoms with Crippen molar-refractivity contribution in [3.05, 3.63) is 65.1 Å². The Morgan fingerprint density at radius 3 is 2.41 bits per heavy atom. The average molecular weight is 502 g/mol. The number of hydrogen-bond acceptors (Lipinski definition) is 5. The van der Waals surface area contributed by atoms with E-state index in [1.54, 1.807) is 0 Å². The highest BCUT2D eigenvalue weighted by Gasteiger charge is 2.41. The van der Waals surface area contributed by atoms with Crippen LogP contribution >= 0.6 is 15.9 Å². The molecule has 1 saturated heterocycles. The molecule has 1 N–H and O–H groups in total. The minimum Gasteiger partial charge on any atom is -0.486 e. The Morgan fingerprint density at radius 2 is 1.78 bits per heavy atom. The highest BCUT2D eigenvalue weighted by molar-refractivity contribution is 9.10. The maximum absolute atomic E-state index is 6.22. The van der Waals surface area contributed by atoms with E-state index in [1.807, 2.05) is 48.5 Å². The van der Waals surface area contributed by atoms with Gasteiger partial charge in [-0.05, 0) is 74.2 Å². The molecule has 1 spiro atoms. The van der Waals surface area contributed by atoms with Gasteiger partial charge < -0.3 is 14.8 Å². The molecule has 1 aliphatic heterocycles. The lowest BCUT2D eigenvalue weighted by molar-refractivity contribution is -0.483. The van der Waals surface area contributed by atoms with E-state index in [0.29, 0.717) is 13.2 Å². The molecule has 0 radical (unpaired) electrons. The fourth-order valence-electron chi connectivity index (χ4n) is 4.06. The Bertz CT molecular complexity index is 894. The summed E-state index contributed by atoms with van der Waals surface area (Å²) in [7, 11) is 0. The molecule has 2 aliphatic rings. The first kappa shape index (κ1) is 23.3. The Kier molecular flexibility index (Phi) is 7.25. The quantitative estimate of drug-likeness (QED) is 0.425. The number of anilines is 1. The van der Waals surface area contributed by atoms with E-state index < -0.39 is 5.79 Å². The van der Waals surface area contributed by atoms with Gasteiger partial charge in [0, 0.05) is 23.0 Å². The first-order chi connectivity index (χ1) is 15.3. The Hall–Kier alpha value is -1.86. The van der Waals surface area contributed by atoms with Gasteiger partial charge in [0.25, 0.3) is 0 Å². The number of rotatable bonds is 7. The Labute approximate surface area is 199 Å². The van der Waals surface area contributed by atoms with Crippen LogP contribution in [0.1, 0.15) is 51.5 Å². The first-order valence-electron chi connectivity index (χ1n) is 11.3. The van der Waals surface area contributed by atoms with E-state index in [2.05, 4.69) is 41.7 Å². The molecule has 1 unspecified atom stereocenters. The lowest BCUT2D eigenvalue weighted by atomic mass is 9.94. The standard InChI is InChI=1S/C26H32BrNO4/c1-19(24-17-29-26(32-31-24)15-5-4-6-16-26)20-7-13-23(14-8-20)30-25(2,3)18-28-22-11-9-21(27)10-12-22/h7-14,24,28H,1,4-6,15-18H2,2-3H3. The third-order valence-corrected chi connectivity index (χ3v) is 6.53. The minimum absolute atomic E-state index is 0.305. The number of ether oxygens (including phenoxy) is 2. The maximum Gasteiger partial charge on any atom is 0.201 e. The predicted octanol–water partition coefficient (Wildman–Crippen LogP) is 6.74. The molecule has 6 heteroatoms. The third-order valence-electron chi connectivity index (χ3n) is 6.00. The molecule has 4 rings (SSSR count). The van der Waals surface area contributed by atoms with Crippen molar-refractivity contribution in [3.8, 4) is 5.75 Å². The van der Waals surface area contributed by atoms with Crippen LogP contribution in [0.5, 0.6) is 5.75 Å². The monoisotopic (exact) mass is 501 g/mol. The van der Waals surface area contributed by atoms with Gasteiger partial charge in [-0.25, -0.2) is 9.78 Å². The van der Waals surface area contributed by atoms with Crippen molar-refractivity contribution in [1.29, 1.82) is 0 Å². The minimum atomic E-state index is -0.553. The smallest absolute Gasteiger partial charge is 0.201 e. The van der Waals surface area contributed by atoms with Crippen LogP contribution in [-0.2, 0) is 14.5 Å². The molecule has 2 fully saturated rings. The van der Waals surface area contributed by atoms with E-state index in [1.165, 1.54) is 6.42 Å². The van der Waals surface area contributed by atoms with Crippen molar-refractivity contribution in [3.63, 3.8) is 0 Å². The predicted molar refractivity (Wildman–Crippen MR) is 131 cm³/mol. The van der Waals surface area contributed by atoms with Crippen molar-refractivity contribution < 1.29 is 19.2 Å². The fraction of sp³-hybridized carbons (Fsp3) is 0.462. The zero-order chi connectivity index (χ0) is 22.6. The molecule has 1 heterocycles. The van der Waals surface area contributed by atoms with E-state index in [4.69, 9.17) is 19.2 Å². The molecule has 0 amide bonds. The van der Waals surface area contributed by atoms with Gasteiger partial charge in [0.15, 0.2) is 0 Å². The summed E-state index contributed by atoms with van der Waals surface area (Å²) in [6, 6.07) is 16.1. The second-order valence-electron chi connectivity index (χ2n) is 9.22. The molecule has 1 saturated carbocycles. The first-order valence-corrected chi connectivity index (χ1v) is 12.1. The highest BCUT2D eigenvalue weighted by atomic mass is 79.9. The van der Waals surface area contributed by atoms with Gasteiger partial charge in [0.05, 0.1) is 13.2 Å². The Balaban J connectivity index is 1.29. The van der Waals surface area contributed by atoms with Gasteiger partial charge in [-0.1, -0.05) is 41.1 Å². The Morgan fingerprint density at radius 1 is 1.09 bits per heavy atom. The van der Waals surface area contributed by atoms with Crippen LogP contribution in [0.25, 0.3) is 5.57 Å². The normalized spacial score (nSPS) is 20.7. The third kappa shape index (κ3) is 5.93. The van der Waals surface area contributed by atoms with Crippen LogP contribution in [0, 0.1) is 0 Å². The van der Waals surface area contributed by atoms with Crippen LogP contribution < -0.4 is 10.1 Å². The zero-order valence-corrected chi connectivity index (χ0v) is 20.4. The van der Waals surface area contributed by atoms with Crippen molar-refractivity contribution in [2.75, 3.05) is 18.5 Å². The van der Waals surface area contributed by atoms with Crippen molar-refractivity contribution in [2.24, 2.45) is 0 Å². The number of nitrogens with one attached hydrogen (secondary N) is 1. The molecular weight excluding hydrogens is 470 g/mol. The number of benzene rings is 2. The van der Waals surface area contributed by atoms with Gasteiger partial charge in [-0.2, -0.15) is 0 Å². The molecule has 2 aromatic carbocycles. The molecule has 32 heavy (non-hydrogen) atoms. The molecule has 2 aromatic rings. The van der Waals surface area contributed by atoms with Crippen molar-refractivity contribution in [1.82, 2.24) is 0 Å². The van der Waals surface area contributed by atoms with E-state index in [-0.39, 0.29) is 11.7 Å². The van der Waals surface area contributed by atoms with Gasteiger partial charge in [0.1, 0.15) is 17.5 Å². The van der Waals surface area contributed by atoms with E-state index in [0.717, 1.165) is 52.7 Å². The van der Waals surface area contributed by atoms with Crippen LogP contribution in [0.4, 0.5) is 5.69 Å². The summed E-state index contributed by atoms with van der Waals surface area (Å²) in [5.41, 5.74) is 2.51. The lowest BCUT2D eigenvalue weighted by Gasteiger charge is -2.41. The van der Waals surface area contributed by atoms with Crippen LogP contribution in [0.2, 0.25) is 0 Å². The average Bonchev–Trinajstić information content (AvgIpc) is 2.80. The second kappa shape index (κ2) is 9.96. The molecule has 1 aliphatic carbocycles. The van der Waals surface area contributed by atoms with E-state index in [9.17, 15) is 0 Å². The van der Waals surface area contributed by atoms with Crippen LogP contribution in [0.15, 0.2) is 59.6 Å². The molecule has 1 atom stereocenters. The summed E-state index contributed by atoms with van der Waals surface area (Å²) in [5, 5.41) is 3.43. The van der Waals surface area contributed by atoms with Gasteiger partial charge >= 0.3 is 0 Å². The van der Waals surface area contributed by atoms with E-state index >= 15 is 0 Å². The summed E-state index contributed by atoms with van der Waals surface area (Å²) in [6.45, 7) is 9.49. The van der Waals surface area contributed by atoms with Crippen molar-refractivity contribution >= 4 is 27.2 Å². The summed E-state index contributed by atoms with van der Waals surface area (Å²) in [4.78, 5) is 11.4. The molecule has 0 aromatic heterocycles. The molecule has 172 valence electrons. The molecule has 0 bridgehead atoms. The number of hydrogen-bond donors (Lipinski definition) is 1. The maximum atomic E-state index is 6.22. The summed E-state index contributed by atoms with van der Waals surface area (Å²) >= 11 is 3.46. The summed E-state index contributed by atoms with van der Waals surface area (Å²) < 4.78 is 13.4. The second-order valence-corrected chi connectivity index (χ2v) is 10.1. The van der Waals surface area contributed by atoms with Gasteiger partial charge in [0.2, 0.25) is 5.79 Å². The zero-order valence-electron chi connectivity index (χ0n) is 18.9. The summed E-state index contributed by atoms with van der Waals surface area (Å²) in [6.07, 6.45) is 4.95. The topological polar surface area (TPSA) is 49.0 Å². The fourth-order valence-corrected chi connectivity index (χ4v) is 4.33. The SMILES string of the molecule is C=C(c1ccc(OC(C)(C)CNc2ccc(Br)cc2)cc1)C1COC2(CCCCC2)OO1. The molecule has 5 nitrogen and oxygen atoms in total. The lowest BCUT2D eigenvalue weighted by Crippen LogP contribution is -2.46. The number of halogens is 1. The highest BCUT2D eigenvalue weighted by Crippen LogP contribution is 2.38. The van der Waals surface area contributed by atoms with Crippen LogP contribution in [0.3, 0.4) is 0 Å². The van der Waals surface area contributed by atoms with Gasteiger partial charge in [-0.3, -0.25) is 0 Å². The summed E-state index contributed by atoms with van der Waals surface area (Å²) in [5.74, 6) is 0.255. The molecular formula is C26H32BrNO4. The van der Waals surface area contributed by atoms with Gasteiger partial charge in [-0.15, -0.1) is 0 Å². The van der Waals surface area contributed by atoms with Crippen LogP contribution in [-0.4, -0.2) is 30.6 Å². The largest absolute Gasteiger partial charge is 0.486 e. The van der Waals surface area contributed by atoms with Crippen molar-refractivity contribution in [2.45, 2.75) is 63.4 Å².